The molecule has 460 valence electrons. The fraction of sp³-hybridized carbons (Fsp3) is 0.500. The number of nitrogens with one attached hydrogen (secondary N) is 2. The third-order valence-electron chi connectivity index (χ3n) is 15.4. The Morgan fingerprint density at radius 2 is 0.869 bits per heavy atom. The van der Waals surface area contributed by atoms with Crippen LogP contribution in [0.2, 0.25) is 0 Å². The van der Waals surface area contributed by atoms with Gasteiger partial charge >= 0.3 is 0 Å². The topological polar surface area (TPSA) is 330 Å². The average Bonchev–Trinajstić information content (AvgIpc) is 1.87. The van der Waals surface area contributed by atoms with E-state index in [2.05, 4.69) is 20.6 Å². The number of quaternary nitrogens is 2. The summed E-state index contributed by atoms with van der Waals surface area (Å²) in [4.78, 5) is 63.0. The maximum Gasteiger partial charge on any atom is 0.262 e. The first-order chi connectivity index (χ1) is 40.0. The molecule has 4 amide bonds. The molecule has 0 unspecified atom stereocenters. The maximum absolute atomic E-state index is 13.2. The van der Waals surface area contributed by atoms with Crippen molar-refractivity contribution in [1.82, 2.24) is 19.2 Å². The van der Waals surface area contributed by atoms with Gasteiger partial charge in [0.2, 0.25) is 11.8 Å². The first-order valence-corrected chi connectivity index (χ1v) is 31.4. The molecule has 0 radical (unpaired) electrons. The normalized spacial score (nSPS) is 18.1. The maximum atomic E-state index is 13.2. The Labute approximate surface area is 494 Å². The second-order valence-corrected chi connectivity index (χ2v) is 25.1. The van der Waals surface area contributed by atoms with E-state index in [4.69, 9.17) is 19.7 Å². The molecule has 0 spiro atoms. The molecule has 5 aliphatic rings. The number of carbonyl (C=O) groups is 4. The zero-order valence-electron chi connectivity index (χ0n) is 49.5. The molecule has 24 heteroatoms. The lowest BCUT2D eigenvalue weighted by molar-refractivity contribution is -0.787. The zero-order chi connectivity index (χ0) is 61.8. The number of methoxy groups -OCH3 is 2. The van der Waals surface area contributed by atoms with Crippen molar-refractivity contribution in [2.45, 2.75) is 137 Å². The van der Waals surface area contributed by atoms with E-state index < -0.39 is 42.9 Å². The summed E-state index contributed by atoms with van der Waals surface area (Å²) < 4.78 is 65.1. The predicted molar refractivity (Wildman–Crippen MR) is 313 cm³/mol. The van der Waals surface area contributed by atoms with Gasteiger partial charge in [0.1, 0.15) is 37.7 Å². The van der Waals surface area contributed by atoms with Crippen molar-refractivity contribution in [3.8, 4) is 11.5 Å². The van der Waals surface area contributed by atoms with Gasteiger partial charge in [-0.05, 0) is 137 Å². The summed E-state index contributed by atoms with van der Waals surface area (Å²) in [5, 5.41) is 43.0. The number of ether oxygens (including phenoxy) is 2. The monoisotopic (exact) mass is 1200 g/mol. The number of nitrogens with zero attached hydrogens (tertiary/aromatic N) is 4. The molecule has 2 saturated carbocycles. The van der Waals surface area contributed by atoms with Crippen molar-refractivity contribution >= 4 is 55.7 Å². The first kappa shape index (κ1) is 67.8. The van der Waals surface area contributed by atoms with Crippen LogP contribution in [0.15, 0.2) is 105 Å². The highest BCUT2D eigenvalue weighted by atomic mass is 32.2. The Morgan fingerprint density at radius 1 is 0.548 bits per heavy atom. The van der Waals surface area contributed by atoms with E-state index in [1.54, 1.807) is 88.4 Å². The number of aliphatic imine (C=N–C) groups is 2. The quantitative estimate of drug-likeness (QED) is 0.0591. The number of sulfonamides is 2. The fourth-order valence-corrected chi connectivity index (χ4v) is 12.4. The number of rotatable bonds is 14. The molecule has 4 aromatic carbocycles. The molecule has 8 N–H and O–H groups in total. The van der Waals surface area contributed by atoms with Gasteiger partial charge in [0, 0.05) is 38.4 Å². The van der Waals surface area contributed by atoms with Crippen LogP contribution in [-0.4, -0.2) is 152 Å². The second-order valence-electron chi connectivity index (χ2n) is 21.8. The van der Waals surface area contributed by atoms with Crippen LogP contribution >= 0.6 is 0 Å². The van der Waals surface area contributed by atoms with Crippen molar-refractivity contribution in [2.24, 2.45) is 9.98 Å². The smallest absolute Gasteiger partial charge is 0.262 e. The van der Waals surface area contributed by atoms with Crippen molar-refractivity contribution < 1.29 is 76.5 Å². The molecule has 3 fully saturated rings. The molecule has 4 aromatic rings. The SMILES string of the molecule is C1C[NH2+]CC[NH2+]1.CO.CO.COc1ccc2c(c1)C(=O)N(CCc1ccc(S(=O)(=O)NC([O-])=NC3CCCCC3)cc1)C(=O)C2(C)C.COc1ccc2c(c1)C(=O)N(CCc1ccc(S(=O)(=O)NC([O-])=NC3CCCCC3)cc1)C(=O)C2(C)C. The predicted octanol–water partition coefficient (Wildman–Crippen LogP) is 1.39. The molecule has 3 aliphatic heterocycles. The van der Waals surface area contributed by atoms with E-state index in [1.165, 1.54) is 74.5 Å². The number of aliphatic hydroxyl groups is 2. The van der Waals surface area contributed by atoms with E-state index in [0.29, 0.717) is 46.6 Å². The van der Waals surface area contributed by atoms with Gasteiger partial charge in [0.15, 0.2) is 0 Å². The van der Waals surface area contributed by atoms with Crippen LogP contribution in [0, 0.1) is 0 Å². The lowest BCUT2D eigenvalue weighted by atomic mass is 9.77. The van der Waals surface area contributed by atoms with E-state index in [0.717, 1.165) is 89.6 Å². The number of nitrogens with two attached hydrogens (primary N) is 2. The van der Waals surface area contributed by atoms with Gasteiger partial charge in [0.05, 0.1) is 59.0 Å². The molecule has 84 heavy (non-hydrogen) atoms. The molecular formula is C60H84N8O14S2. The highest BCUT2D eigenvalue weighted by Crippen LogP contribution is 2.38. The van der Waals surface area contributed by atoms with Crippen LogP contribution in [0.5, 0.6) is 11.5 Å². The van der Waals surface area contributed by atoms with Gasteiger partial charge in [0.25, 0.3) is 31.9 Å². The number of amides is 4. The van der Waals surface area contributed by atoms with Crippen LogP contribution in [-0.2, 0) is 53.3 Å². The number of hydrogen-bond acceptors (Lipinski definition) is 16. The molecule has 0 bridgehead atoms. The first-order valence-electron chi connectivity index (χ1n) is 28.4. The van der Waals surface area contributed by atoms with Crippen LogP contribution < -0.4 is 39.8 Å². The number of benzene rings is 4. The van der Waals surface area contributed by atoms with Gasteiger partial charge in [-0.2, -0.15) is 0 Å². The lowest BCUT2D eigenvalue weighted by Gasteiger charge is -2.37. The zero-order valence-corrected chi connectivity index (χ0v) is 51.2. The molecule has 9 rings (SSSR count). The van der Waals surface area contributed by atoms with E-state index in [-0.39, 0.29) is 58.6 Å². The van der Waals surface area contributed by atoms with Crippen molar-refractivity contribution in [3.05, 3.63) is 118 Å². The Bertz CT molecular complexity index is 2940. The van der Waals surface area contributed by atoms with Crippen molar-refractivity contribution in [1.29, 1.82) is 0 Å². The summed E-state index contributed by atoms with van der Waals surface area (Å²) in [5.74, 6) is -0.290. The number of imide groups is 2. The number of carbonyl (C=O) groups excluding carboxylic acids is 4. The Morgan fingerprint density at radius 3 is 1.17 bits per heavy atom. The van der Waals surface area contributed by atoms with Crippen LogP contribution in [0.3, 0.4) is 0 Å². The Balaban J connectivity index is 0.000000265. The fourth-order valence-electron chi connectivity index (χ4n) is 10.6. The number of hydrogen-bond donors (Lipinski definition) is 6. The highest BCUT2D eigenvalue weighted by molar-refractivity contribution is 7.90. The third-order valence-corrected chi connectivity index (χ3v) is 18.0. The number of piperazine rings is 1. The van der Waals surface area contributed by atoms with Gasteiger partial charge in [-0.25, -0.2) is 16.8 Å². The Kier molecular flexibility index (Phi) is 25.2. The summed E-state index contributed by atoms with van der Waals surface area (Å²) in [6, 6.07) is 20.3. The van der Waals surface area contributed by atoms with Gasteiger partial charge in [-0.1, -0.05) is 74.9 Å². The molecular weight excluding hydrogens is 1120 g/mol. The van der Waals surface area contributed by atoms with E-state index in [1.807, 2.05) is 9.44 Å². The standard InChI is InChI=1S/2C27H33N3O6S.C4H10N2.2CH4O/c2*1-27(2)23-14-11-20(36-3)17-22(23)24(31)30(25(27)32)16-15-18-9-12-21(13-10-18)37(34,35)29-26(33)28-19-7-5-4-6-8-19;1-2-6-4-3-5-1;2*1-2/h2*9-14,17,19H,4-8,15-16H2,1-3H3,(H2,28,29,33);5-6H,1-4H2;2*2H,1H3. The highest BCUT2D eigenvalue weighted by Gasteiger charge is 2.45. The summed E-state index contributed by atoms with van der Waals surface area (Å²) >= 11 is 0. The summed E-state index contributed by atoms with van der Waals surface area (Å²) in [6.45, 7) is 12.7. The molecule has 0 atom stereocenters. The minimum atomic E-state index is -4.06. The van der Waals surface area contributed by atoms with Crippen LogP contribution in [0.1, 0.15) is 135 Å². The number of fused-ring (bicyclic) bond motifs is 2. The molecule has 22 nitrogen and oxygen atoms in total. The average molecular weight is 1210 g/mol. The van der Waals surface area contributed by atoms with E-state index in [9.17, 15) is 46.2 Å². The van der Waals surface area contributed by atoms with Crippen LogP contribution in [0.25, 0.3) is 0 Å². The van der Waals surface area contributed by atoms with Gasteiger partial charge in [-0.15, -0.1) is 0 Å². The minimum absolute atomic E-state index is 0.0595. The summed E-state index contributed by atoms with van der Waals surface area (Å²) in [6.07, 6.45) is 10.0. The molecule has 0 aromatic heterocycles. The minimum Gasteiger partial charge on any atom is -0.846 e. The van der Waals surface area contributed by atoms with Crippen molar-refractivity contribution in [3.63, 3.8) is 0 Å². The Hall–Kier alpha value is -6.96. The molecule has 1 saturated heterocycles. The third kappa shape index (κ3) is 17.6. The van der Waals surface area contributed by atoms with Gasteiger partial charge < -0.3 is 40.5 Å². The second kappa shape index (κ2) is 31.3. The summed E-state index contributed by atoms with van der Waals surface area (Å²) in [7, 11) is -3.08. The van der Waals surface area contributed by atoms with Gasteiger partial charge in [-0.3, -0.25) is 48.4 Å². The number of amidine groups is 2. The van der Waals surface area contributed by atoms with Crippen LogP contribution in [0.4, 0.5) is 0 Å². The number of aliphatic hydroxyl groups excluding tert-OH is 2. The van der Waals surface area contributed by atoms with Crippen molar-refractivity contribution in [2.75, 3.05) is 67.7 Å². The van der Waals surface area contributed by atoms with E-state index >= 15 is 0 Å². The molecule has 2 aliphatic carbocycles. The summed E-state index contributed by atoms with van der Waals surface area (Å²) in [5.41, 5.74) is 1.90. The lowest BCUT2D eigenvalue weighted by Crippen LogP contribution is -3.04. The molecule has 3 heterocycles. The largest absolute Gasteiger partial charge is 0.846 e.